The zero-order valence-electron chi connectivity index (χ0n) is 10.2. The first-order valence-electron chi connectivity index (χ1n) is 5.88. The second kappa shape index (κ2) is 8.34. The highest BCUT2D eigenvalue weighted by atomic mass is 35.5. The first-order valence-corrected chi connectivity index (χ1v) is 6.26. The third-order valence-corrected chi connectivity index (χ3v) is 2.82. The van der Waals surface area contributed by atoms with Crippen LogP contribution in [-0.2, 0) is 11.2 Å². The largest absolute Gasteiger partial charge is 0.493 e. The number of nitrogens with two attached hydrogens (primary N) is 1. The smallest absolute Gasteiger partial charge is 0.124 e. The lowest BCUT2D eigenvalue weighted by Gasteiger charge is -2.12. The Kier molecular flexibility index (Phi) is 7.01. The Morgan fingerprint density at radius 2 is 2.00 bits per heavy atom. The van der Waals surface area contributed by atoms with Gasteiger partial charge in [-0.25, -0.2) is 0 Å². The molecule has 1 aromatic carbocycles. The number of benzene rings is 1. The van der Waals surface area contributed by atoms with E-state index in [1.165, 1.54) is 0 Å². The van der Waals surface area contributed by atoms with Crippen molar-refractivity contribution in [2.24, 2.45) is 5.73 Å². The van der Waals surface area contributed by atoms with E-state index >= 15 is 0 Å². The quantitative estimate of drug-likeness (QED) is 0.728. The maximum absolute atomic E-state index is 6.12. The van der Waals surface area contributed by atoms with Gasteiger partial charge in [0, 0.05) is 24.3 Å². The molecule has 96 valence electrons. The molecule has 0 bridgehead atoms. The summed E-state index contributed by atoms with van der Waals surface area (Å²) >= 11 is 6.12. The van der Waals surface area contributed by atoms with Crippen LogP contribution in [0, 0.1) is 0 Å². The average molecular weight is 258 g/mol. The summed E-state index contributed by atoms with van der Waals surface area (Å²) in [6.45, 7) is 2.03. The molecule has 0 atom stereocenters. The van der Waals surface area contributed by atoms with Gasteiger partial charge < -0.3 is 15.2 Å². The standard InChI is InChI=1S/C13H20ClNO2/c1-16-9-2-3-10-17-13-6-4-5-12(14)11(13)7-8-15/h4-6H,2-3,7-10,15H2,1H3. The van der Waals surface area contributed by atoms with Crippen LogP contribution in [0.4, 0.5) is 0 Å². The maximum Gasteiger partial charge on any atom is 0.124 e. The molecule has 1 aromatic rings. The summed E-state index contributed by atoms with van der Waals surface area (Å²) < 4.78 is 10.7. The number of ether oxygens (including phenoxy) is 2. The maximum atomic E-state index is 6.12. The molecule has 2 N–H and O–H groups in total. The summed E-state index contributed by atoms with van der Waals surface area (Å²) in [6.07, 6.45) is 2.72. The molecule has 1 rings (SSSR count). The van der Waals surface area contributed by atoms with Crippen LogP contribution in [0.1, 0.15) is 18.4 Å². The molecular weight excluding hydrogens is 238 g/mol. The number of halogens is 1. The fourth-order valence-electron chi connectivity index (χ4n) is 1.59. The summed E-state index contributed by atoms with van der Waals surface area (Å²) in [6, 6.07) is 5.70. The zero-order valence-corrected chi connectivity index (χ0v) is 11.0. The SMILES string of the molecule is COCCCCOc1cccc(Cl)c1CCN. The second-order valence-electron chi connectivity index (χ2n) is 3.80. The van der Waals surface area contributed by atoms with E-state index < -0.39 is 0 Å². The summed E-state index contributed by atoms with van der Waals surface area (Å²) in [7, 11) is 1.71. The van der Waals surface area contributed by atoms with E-state index in [9.17, 15) is 0 Å². The molecule has 0 aliphatic carbocycles. The first-order chi connectivity index (χ1) is 8.29. The van der Waals surface area contributed by atoms with Gasteiger partial charge in [-0.3, -0.25) is 0 Å². The molecule has 17 heavy (non-hydrogen) atoms. The summed E-state index contributed by atoms with van der Waals surface area (Å²) in [5, 5.41) is 0.727. The monoisotopic (exact) mass is 257 g/mol. The van der Waals surface area contributed by atoms with Gasteiger partial charge >= 0.3 is 0 Å². The minimum absolute atomic E-state index is 0.573. The summed E-state index contributed by atoms with van der Waals surface area (Å²) in [5.74, 6) is 0.848. The Labute approximate surface area is 108 Å². The molecule has 3 nitrogen and oxygen atoms in total. The van der Waals surface area contributed by atoms with Crippen molar-refractivity contribution < 1.29 is 9.47 Å². The van der Waals surface area contributed by atoms with Crippen LogP contribution in [0.25, 0.3) is 0 Å². The fraction of sp³-hybridized carbons (Fsp3) is 0.538. The van der Waals surface area contributed by atoms with Crippen molar-refractivity contribution in [1.82, 2.24) is 0 Å². The molecule has 4 heteroatoms. The van der Waals surface area contributed by atoms with E-state index in [0.29, 0.717) is 13.2 Å². The van der Waals surface area contributed by atoms with Crippen molar-refractivity contribution in [3.05, 3.63) is 28.8 Å². The van der Waals surface area contributed by atoms with Crippen LogP contribution in [0.2, 0.25) is 5.02 Å². The van der Waals surface area contributed by atoms with Gasteiger partial charge in [0.25, 0.3) is 0 Å². The van der Waals surface area contributed by atoms with Crippen LogP contribution < -0.4 is 10.5 Å². The van der Waals surface area contributed by atoms with Gasteiger partial charge in [-0.1, -0.05) is 17.7 Å². The van der Waals surface area contributed by atoms with Crippen molar-refractivity contribution in [2.45, 2.75) is 19.3 Å². The van der Waals surface area contributed by atoms with Crippen molar-refractivity contribution in [3.63, 3.8) is 0 Å². The molecular formula is C13H20ClNO2. The minimum Gasteiger partial charge on any atom is -0.493 e. The van der Waals surface area contributed by atoms with Crippen LogP contribution in [0.15, 0.2) is 18.2 Å². The Bertz CT molecular complexity index is 331. The topological polar surface area (TPSA) is 44.5 Å². The molecule has 0 saturated carbocycles. The summed E-state index contributed by atoms with van der Waals surface area (Å²) in [5.41, 5.74) is 6.57. The molecule has 0 heterocycles. The van der Waals surface area contributed by atoms with Crippen LogP contribution in [0.5, 0.6) is 5.75 Å². The van der Waals surface area contributed by atoms with E-state index in [4.69, 9.17) is 26.8 Å². The number of hydrogen-bond acceptors (Lipinski definition) is 3. The van der Waals surface area contributed by atoms with Gasteiger partial charge in [0.05, 0.1) is 6.61 Å². The van der Waals surface area contributed by atoms with Gasteiger partial charge in [0.2, 0.25) is 0 Å². The van der Waals surface area contributed by atoms with Gasteiger partial charge in [-0.15, -0.1) is 0 Å². The third-order valence-electron chi connectivity index (χ3n) is 2.47. The number of rotatable bonds is 8. The molecule has 0 spiro atoms. The lowest BCUT2D eigenvalue weighted by molar-refractivity contribution is 0.184. The van der Waals surface area contributed by atoms with E-state index in [-0.39, 0.29) is 0 Å². The number of unbranched alkanes of at least 4 members (excludes halogenated alkanes) is 1. The minimum atomic E-state index is 0.573. The predicted molar refractivity (Wildman–Crippen MR) is 70.8 cm³/mol. The molecule has 0 aromatic heterocycles. The van der Waals surface area contributed by atoms with Crippen molar-refractivity contribution >= 4 is 11.6 Å². The molecule has 0 fully saturated rings. The van der Waals surface area contributed by atoms with Gasteiger partial charge in [-0.05, 0) is 37.9 Å². The van der Waals surface area contributed by atoms with Crippen molar-refractivity contribution in [2.75, 3.05) is 26.9 Å². The van der Waals surface area contributed by atoms with E-state index in [0.717, 1.165) is 42.2 Å². The Morgan fingerprint density at radius 3 is 2.71 bits per heavy atom. The first kappa shape index (κ1) is 14.3. The van der Waals surface area contributed by atoms with E-state index in [1.54, 1.807) is 7.11 Å². The summed E-state index contributed by atoms with van der Waals surface area (Å²) in [4.78, 5) is 0. The lowest BCUT2D eigenvalue weighted by Crippen LogP contribution is -2.07. The van der Waals surface area contributed by atoms with Gasteiger partial charge in [0.15, 0.2) is 0 Å². The lowest BCUT2D eigenvalue weighted by atomic mass is 10.1. The third kappa shape index (κ3) is 4.94. The highest BCUT2D eigenvalue weighted by Gasteiger charge is 2.06. The highest BCUT2D eigenvalue weighted by molar-refractivity contribution is 6.31. The Hall–Kier alpha value is -0.770. The Balaban J connectivity index is 2.48. The van der Waals surface area contributed by atoms with E-state index in [1.807, 2.05) is 18.2 Å². The molecule has 0 saturated heterocycles. The number of methoxy groups -OCH3 is 1. The Morgan fingerprint density at radius 1 is 1.24 bits per heavy atom. The second-order valence-corrected chi connectivity index (χ2v) is 4.21. The van der Waals surface area contributed by atoms with Gasteiger partial charge in [0.1, 0.15) is 5.75 Å². The van der Waals surface area contributed by atoms with Crippen molar-refractivity contribution in [3.8, 4) is 5.75 Å². The zero-order chi connectivity index (χ0) is 12.5. The molecule has 0 radical (unpaired) electrons. The van der Waals surface area contributed by atoms with Crippen LogP contribution in [-0.4, -0.2) is 26.9 Å². The van der Waals surface area contributed by atoms with Crippen LogP contribution >= 0.6 is 11.6 Å². The van der Waals surface area contributed by atoms with Crippen LogP contribution in [0.3, 0.4) is 0 Å². The highest BCUT2D eigenvalue weighted by Crippen LogP contribution is 2.26. The van der Waals surface area contributed by atoms with E-state index in [2.05, 4.69) is 0 Å². The van der Waals surface area contributed by atoms with Crippen molar-refractivity contribution in [1.29, 1.82) is 0 Å². The molecule has 0 aliphatic rings. The predicted octanol–water partition coefficient (Wildman–Crippen LogP) is 2.65. The fourth-order valence-corrected chi connectivity index (χ4v) is 1.85. The molecule has 0 unspecified atom stereocenters. The van der Waals surface area contributed by atoms with Gasteiger partial charge in [-0.2, -0.15) is 0 Å². The molecule has 0 aliphatic heterocycles. The normalized spacial score (nSPS) is 10.5. The molecule has 0 amide bonds. The number of hydrogen-bond donors (Lipinski definition) is 1. The average Bonchev–Trinajstić information content (AvgIpc) is 2.33.